The largest absolute Gasteiger partial charge is 0.493 e. The number of para-hydroxylation sites is 1. The van der Waals surface area contributed by atoms with E-state index >= 15 is 0 Å². The Kier molecular flexibility index (Phi) is 8.96. The number of nitrogens with one attached hydrogen (secondary N) is 1. The summed E-state index contributed by atoms with van der Waals surface area (Å²) >= 11 is 0. The molecule has 8 heteroatoms. The molecule has 0 aliphatic carbocycles. The predicted molar refractivity (Wildman–Crippen MR) is 137 cm³/mol. The number of aryl methyl sites for hydroxylation is 1. The van der Waals surface area contributed by atoms with Crippen molar-refractivity contribution in [2.75, 3.05) is 33.9 Å². The summed E-state index contributed by atoms with van der Waals surface area (Å²) in [7, 11) is 3.18. The Morgan fingerprint density at radius 2 is 1.91 bits per heavy atom. The highest BCUT2D eigenvalue weighted by Gasteiger charge is 2.32. The highest BCUT2D eigenvalue weighted by Crippen LogP contribution is 2.28. The van der Waals surface area contributed by atoms with Crippen molar-refractivity contribution in [3.8, 4) is 17.7 Å². The Morgan fingerprint density at radius 1 is 1.17 bits per heavy atom. The van der Waals surface area contributed by atoms with Gasteiger partial charge in [0.25, 0.3) is 0 Å². The lowest BCUT2D eigenvalue weighted by Gasteiger charge is -2.43. The van der Waals surface area contributed by atoms with Gasteiger partial charge < -0.3 is 19.3 Å². The van der Waals surface area contributed by atoms with Gasteiger partial charge in [-0.1, -0.05) is 38.1 Å². The van der Waals surface area contributed by atoms with E-state index in [1.807, 2.05) is 60.5 Å². The number of guanidine groups is 1. The lowest BCUT2D eigenvalue weighted by molar-refractivity contribution is -0.135. The normalized spacial score (nSPS) is 16.1. The second kappa shape index (κ2) is 12.1. The van der Waals surface area contributed by atoms with Gasteiger partial charge in [0, 0.05) is 25.7 Å². The first-order valence-corrected chi connectivity index (χ1v) is 11.9. The average Bonchev–Trinajstić information content (AvgIpc) is 2.84. The monoisotopic (exact) mass is 477 g/mol. The molecule has 1 heterocycles. The van der Waals surface area contributed by atoms with E-state index in [2.05, 4.69) is 24.1 Å². The summed E-state index contributed by atoms with van der Waals surface area (Å²) < 4.78 is 10.7. The molecule has 0 unspecified atom stereocenters. The van der Waals surface area contributed by atoms with E-state index in [-0.39, 0.29) is 18.4 Å². The lowest BCUT2D eigenvalue weighted by atomic mass is 9.99. The maximum atomic E-state index is 13.4. The fraction of sp³-hybridized carbons (Fsp3) is 0.444. The molecule has 3 rings (SSSR count). The first kappa shape index (κ1) is 25.9. The van der Waals surface area contributed by atoms with Gasteiger partial charge in [0.15, 0.2) is 17.7 Å². The van der Waals surface area contributed by atoms with Gasteiger partial charge in [-0.2, -0.15) is 5.26 Å². The van der Waals surface area contributed by atoms with Crippen LogP contribution in [0.3, 0.4) is 0 Å². The Balaban J connectivity index is 1.80. The zero-order valence-electron chi connectivity index (χ0n) is 21.2. The van der Waals surface area contributed by atoms with Crippen molar-refractivity contribution in [3.63, 3.8) is 0 Å². The van der Waals surface area contributed by atoms with Gasteiger partial charge in [0.05, 0.1) is 26.3 Å². The smallest absolute Gasteiger partial charge is 0.227 e. The van der Waals surface area contributed by atoms with Crippen LogP contribution in [-0.4, -0.2) is 61.6 Å². The van der Waals surface area contributed by atoms with Crippen LogP contribution in [-0.2, 0) is 11.2 Å². The number of nitriles is 1. The predicted octanol–water partition coefficient (Wildman–Crippen LogP) is 3.87. The van der Waals surface area contributed by atoms with Crippen LogP contribution in [0.4, 0.5) is 5.69 Å². The van der Waals surface area contributed by atoms with E-state index in [1.165, 1.54) is 0 Å². The van der Waals surface area contributed by atoms with E-state index in [4.69, 9.17) is 14.5 Å². The van der Waals surface area contributed by atoms with Gasteiger partial charge in [-0.15, -0.1) is 0 Å². The Labute approximate surface area is 208 Å². The topological polar surface area (TPSA) is 90.2 Å². The molecular weight excluding hydrogens is 442 g/mol. The summed E-state index contributed by atoms with van der Waals surface area (Å²) in [6.45, 7) is 8.07. The van der Waals surface area contributed by atoms with Gasteiger partial charge in [-0.05, 0) is 48.6 Å². The number of hydrogen-bond acceptors (Lipinski definition) is 5. The summed E-state index contributed by atoms with van der Waals surface area (Å²) in [5, 5.41) is 12.1. The average molecular weight is 478 g/mol. The van der Waals surface area contributed by atoms with E-state index in [0.717, 1.165) is 23.2 Å². The van der Waals surface area contributed by atoms with Crippen molar-refractivity contribution in [3.05, 3.63) is 53.6 Å². The highest BCUT2D eigenvalue weighted by atomic mass is 16.5. The number of ether oxygens (including phenoxy) is 2. The van der Waals surface area contributed by atoms with Crippen LogP contribution in [0, 0.1) is 24.3 Å². The zero-order chi connectivity index (χ0) is 25.4. The molecule has 35 heavy (non-hydrogen) atoms. The maximum Gasteiger partial charge on any atom is 0.227 e. The van der Waals surface area contributed by atoms with E-state index in [0.29, 0.717) is 43.0 Å². The van der Waals surface area contributed by atoms with Gasteiger partial charge in [-0.3, -0.25) is 10.1 Å². The molecule has 2 aromatic rings. The third-order valence-electron chi connectivity index (χ3n) is 6.16. The molecule has 1 fully saturated rings. The quantitative estimate of drug-likeness (QED) is 0.282. The number of hydrogen-bond donors (Lipinski definition) is 1. The standard InChI is InChI=1S/C27H35N5O3/c1-19(2)14-22-17-31(27(29-18-28)30-23-9-7-6-8-20(23)3)12-13-32(22)26(33)16-21-10-11-24(34-4)25(15-21)35-5/h6-11,15,19,22H,12-14,16-17H2,1-5H3,(H,29,30)/t22-/m0/s1. The van der Waals surface area contributed by atoms with Gasteiger partial charge >= 0.3 is 0 Å². The number of carbonyl (C=O) groups is 1. The third-order valence-corrected chi connectivity index (χ3v) is 6.16. The van der Waals surface area contributed by atoms with Crippen LogP contribution in [0.2, 0.25) is 0 Å². The molecule has 186 valence electrons. The summed E-state index contributed by atoms with van der Waals surface area (Å²) in [6.07, 6.45) is 3.17. The van der Waals surface area contributed by atoms with Gasteiger partial charge in [-0.25, -0.2) is 4.99 Å². The number of methoxy groups -OCH3 is 2. The number of aliphatic imine (C=N–C) groups is 1. The molecule has 1 aliphatic heterocycles. The SMILES string of the molecule is COc1ccc(CC(=O)N2CCN(C(=Nc3ccccc3C)NC#N)C[C@@H]2CC(C)C)cc1OC. The highest BCUT2D eigenvalue weighted by molar-refractivity contribution is 5.85. The molecule has 1 saturated heterocycles. The Hall–Kier alpha value is -3.73. The molecule has 1 amide bonds. The first-order valence-electron chi connectivity index (χ1n) is 11.9. The third kappa shape index (κ3) is 6.66. The molecule has 1 N–H and O–H groups in total. The molecule has 8 nitrogen and oxygen atoms in total. The summed E-state index contributed by atoms with van der Waals surface area (Å²) in [5.41, 5.74) is 2.73. The summed E-state index contributed by atoms with van der Waals surface area (Å²) in [5.74, 6) is 2.26. The van der Waals surface area contributed by atoms with Crippen molar-refractivity contribution in [1.29, 1.82) is 5.26 Å². The minimum absolute atomic E-state index is 0.0129. The van der Waals surface area contributed by atoms with Gasteiger partial charge in [0.2, 0.25) is 11.9 Å². The minimum atomic E-state index is 0.0129. The number of carbonyl (C=O) groups excluding carboxylic acids is 1. The van der Waals surface area contributed by atoms with Crippen molar-refractivity contribution in [2.24, 2.45) is 10.9 Å². The molecule has 0 radical (unpaired) electrons. The summed E-state index contributed by atoms with van der Waals surface area (Å²) in [6, 6.07) is 13.4. The fourth-order valence-electron chi connectivity index (χ4n) is 4.42. The van der Waals surface area contributed by atoms with Crippen LogP contribution in [0.1, 0.15) is 31.4 Å². The van der Waals surface area contributed by atoms with E-state index in [9.17, 15) is 10.1 Å². The van der Waals surface area contributed by atoms with E-state index < -0.39 is 0 Å². The first-order chi connectivity index (χ1) is 16.9. The van der Waals surface area contributed by atoms with Crippen molar-refractivity contribution in [2.45, 2.75) is 39.7 Å². The molecule has 0 bridgehead atoms. The number of nitrogens with zero attached hydrogens (tertiary/aromatic N) is 4. The number of piperazine rings is 1. The minimum Gasteiger partial charge on any atom is -0.493 e. The van der Waals surface area contributed by atoms with E-state index in [1.54, 1.807) is 14.2 Å². The molecule has 1 atom stereocenters. The molecule has 0 saturated carbocycles. The maximum absolute atomic E-state index is 13.4. The van der Waals surface area contributed by atoms with Crippen LogP contribution in [0.5, 0.6) is 11.5 Å². The number of rotatable bonds is 7. The second-order valence-electron chi connectivity index (χ2n) is 9.14. The molecule has 0 spiro atoms. The molecule has 2 aromatic carbocycles. The van der Waals surface area contributed by atoms with Crippen LogP contribution < -0.4 is 14.8 Å². The van der Waals surface area contributed by atoms with Crippen LogP contribution >= 0.6 is 0 Å². The van der Waals surface area contributed by atoms with Crippen molar-refractivity contribution < 1.29 is 14.3 Å². The fourth-order valence-corrected chi connectivity index (χ4v) is 4.42. The zero-order valence-corrected chi connectivity index (χ0v) is 21.2. The molecule has 1 aliphatic rings. The number of amides is 1. The van der Waals surface area contributed by atoms with Crippen LogP contribution in [0.25, 0.3) is 0 Å². The van der Waals surface area contributed by atoms with Crippen LogP contribution in [0.15, 0.2) is 47.5 Å². The Bertz CT molecular complexity index is 1090. The Morgan fingerprint density at radius 3 is 2.57 bits per heavy atom. The van der Waals surface area contributed by atoms with Crippen molar-refractivity contribution >= 4 is 17.6 Å². The molecular formula is C27H35N5O3. The number of benzene rings is 2. The summed E-state index contributed by atoms with van der Waals surface area (Å²) in [4.78, 5) is 22.2. The molecule has 0 aromatic heterocycles. The lowest BCUT2D eigenvalue weighted by Crippen LogP contribution is -2.58. The second-order valence-corrected chi connectivity index (χ2v) is 9.14. The van der Waals surface area contributed by atoms with Gasteiger partial charge in [0.1, 0.15) is 0 Å². The van der Waals surface area contributed by atoms with Crippen molar-refractivity contribution in [1.82, 2.24) is 15.1 Å².